The van der Waals surface area contributed by atoms with Crippen molar-refractivity contribution in [2.24, 2.45) is 0 Å². The molecule has 114 valence electrons. The third-order valence-electron chi connectivity index (χ3n) is 3.14. The number of rotatable bonds is 6. The Hall–Kier alpha value is -2.40. The van der Waals surface area contributed by atoms with Crippen LogP contribution < -0.4 is 5.32 Å². The highest BCUT2D eigenvalue weighted by molar-refractivity contribution is 7.99. The zero-order chi connectivity index (χ0) is 15.9. The quantitative estimate of drug-likeness (QED) is 0.639. The van der Waals surface area contributed by atoms with Crippen molar-refractivity contribution in [3.05, 3.63) is 29.3 Å². The van der Waals surface area contributed by atoms with Crippen LogP contribution in [0.25, 0.3) is 5.69 Å². The van der Waals surface area contributed by atoms with Crippen molar-refractivity contribution >= 4 is 17.7 Å². The Balaban J connectivity index is 2.06. The highest BCUT2D eigenvalue weighted by Gasteiger charge is 2.13. The van der Waals surface area contributed by atoms with E-state index in [2.05, 4.69) is 20.8 Å². The predicted molar refractivity (Wildman–Crippen MR) is 82.6 cm³/mol. The number of hydrogen-bond donors (Lipinski definition) is 1. The standard InChI is InChI=1S/C14H16N6OS/c1-10-5-3-6-12(11(10)2)20-14(17-18-19-20)22-9-13(21)16-8-4-7-15/h3,5-6H,4,8-9H2,1-2H3,(H,16,21). The van der Waals surface area contributed by atoms with Crippen molar-refractivity contribution in [3.63, 3.8) is 0 Å². The number of amides is 1. The summed E-state index contributed by atoms with van der Waals surface area (Å²) >= 11 is 1.26. The van der Waals surface area contributed by atoms with Gasteiger partial charge in [-0.05, 0) is 41.5 Å². The zero-order valence-electron chi connectivity index (χ0n) is 12.4. The summed E-state index contributed by atoms with van der Waals surface area (Å²) in [6, 6.07) is 7.89. The Morgan fingerprint density at radius 1 is 1.45 bits per heavy atom. The number of nitriles is 1. The van der Waals surface area contributed by atoms with Gasteiger partial charge in [-0.25, -0.2) is 0 Å². The second-order valence-electron chi connectivity index (χ2n) is 4.64. The molecule has 8 heteroatoms. The number of nitrogens with one attached hydrogen (secondary N) is 1. The van der Waals surface area contributed by atoms with Crippen LogP contribution in [0, 0.1) is 25.2 Å². The number of carbonyl (C=O) groups is 1. The van der Waals surface area contributed by atoms with E-state index in [0.29, 0.717) is 18.1 Å². The minimum atomic E-state index is -0.143. The van der Waals surface area contributed by atoms with Gasteiger partial charge < -0.3 is 5.32 Å². The molecular formula is C14H16N6OS. The van der Waals surface area contributed by atoms with Crippen molar-refractivity contribution < 1.29 is 4.79 Å². The molecule has 0 aliphatic heterocycles. The SMILES string of the molecule is Cc1cccc(-n2nnnc2SCC(=O)NCCC#N)c1C. The van der Waals surface area contributed by atoms with Crippen LogP contribution in [0.2, 0.25) is 0 Å². The summed E-state index contributed by atoms with van der Waals surface area (Å²) in [5.41, 5.74) is 3.14. The first kappa shape index (κ1) is 16.0. The molecule has 0 saturated heterocycles. The van der Waals surface area contributed by atoms with E-state index in [-0.39, 0.29) is 11.7 Å². The summed E-state index contributed by atoms with van der Waals surface area (Å²) in [5.74, 6) is 0.0622. The van der Waals surface area contributed by atoms with E-state index in [1.165, 1.54) is 11.8 Å². The highest BCUT2D eigenvalue weighted by Crippen LogP contribution is 2.22. The Morgan fingerprint density at radius 3 is 3.05 bits per heavy atom. The van der Waals surface area contributed by atoms with Gasteiger partial charge in [0.2, 0.25) is 11.1 Å². The van der Waals surface area contributed by atoms with Gasteiger partial charge in [-0.1, -0.05) is 23.9 Å². The fourth-order valence-electron chi connectivity index (χ4n) is 1.82. The molecule has 0 bridgehead atoms. The molecule has 0 fully saturated rings. The van der Waals surface area contributed by atoms with Gasteiger partial charge in [-0.15, -0.1) is 5.10 Å². The number of thioether (sulfide) groups is 1. The Labute approximate surface area is 132 Å². The highest BCUT2D eigenvalue weighted by atomic mass is 32.2. The van der Waals surface area contributed by atoms with Gasteiger partial charge in [0.05, 0.1) is 23.9 Å². The van der Waals surface area contributed by atoms with E-state index in [1.54, 1.807) is 4.68 Å². The Morgan fingerprint density at radius 2 is 2.27 bits per heavy atom. The smallest absolute Gasteiger partial charge is 0.230 e. The van der Waals surface area contributed by atoms with E-state index in [4.69, 9.17) is 5.26 Å². The molecule has 0 unspecified atom stereocenters. The molecule has 1 N–H and O–H groups in total. The van der Waals surface area contributed by atoms with Crippen molar-refractivity contribution in [1.29, 1.82) is 5.26 Å². The van der Waals surface area contributed by atoms with E-state index < -0.39 is 0 Å². The maximum absolute atomic E-state index is 11.7. The number of nitrogens with zero attached hydrogens (tertiary/aromatic N) is 5. The molecule has 0 aliphatic rings. The monoisotopic (exact) mass is 316 g/mol. The van der Waals surface area contributed by atoms with Crippen LogP contribution >= 0.6 is 11.8 Å². The predicted octanol–water partition coefficient (Wildman–Crippen LogP) is 1.40. The van der Waals surface area contributed by atoms with Gasteiger partial charge in [-0.3, -0.25) is 4.79 Å². The van der Waals surface area contributed by atoms with Crippen molar-refractivity contribution in [1.82, 2.24) is 25.5 Å². The third-order valence-corrected chi connectivity index (χ3v) is 4.06. The van der Waals surface area contributed by atoms with Crippen molar-refractivity contribution in [2.75, 3.05) is 12.3 Å². The average Bonchev–Trinajstić information content (AvgIpc) is 2.96. The molecule has 0 spiro atoms. The van der Waals surface area contributed by atoms with Gasteiger partial charge in [0, 0.05) is 6.54 Å². The van der Waals surface area contributed by atoms with Gasteiger partial charge in [0.1, 0.15) is 0 Å². The van der Waals surface area contributed by atoms with Crippen LogP contribution in [-0.2, 0) is 4.79 Å². The largest absolute Gasteiger partial charge is 0.354 e. The summed E-state index contributed by atoms with van der Waals surface area (Å²) < 4.78 is 1.63. The van der Waals surface area contributed by atoms with E-state index in [1.807, 2.05) is 38.1 Å². The summed E-state index contributed by atoms with van der Waals surface area (Å²) in [6.45, 7) is 4.39. The van der Waals surface area contributed by atoms with Gasteiger partial charge >= 0.3 is 0 Å². The van der Waals surface area contributed by atoms with Crippen LogP contribution in [0.5, 0.6) is 0 Å². The van der Waals surface area contributed by atoms with Gasteiger partial charge in [-0.2, -0.15) is 9.94 Å². The molecule has 2 aromatic rings. The van der Waals surface area contributed by atoms with Crippen molar-refractivity contribution in [3.8, 4) is 11.8 Å². The number of aromatic nitrogens is 4. The molecule has 1 aromatic carbocycles. The minimum Gasteiger partial charge on any atom is -0.354 e. The van der Waals surface area contributed by atoms with Crippen LogP contribution in [0.1, 0.15) is 17.5 Å². The summed E-state index contributed by atoms with van der Waals surface area (Å²) in [6.07, 6.45) is 0.302. The second kappa shape index (κ2) is 7.56. The first-order chi connectivity index (χ1) is 10.6. The van der Waals surface area contributed by atoms with Gasteiger partial charge in [0.15, 0.2) is 0 Å². The molecule has 2 rings (SSSR count). The molecule has 7 nitrogen and oxygen atoms in total. The van der Waals surface area contributed by atoms with E-state index in [9.17, 15) is 4.79 Å². The lowest BCUT2D eigenvalue weighted by Crippen LogP contribution is -2.26. The van der Waals surface area contributed by atoms with Gasteiger partial charge in [0.25, 0.3) is 0 Å². The maximum Gasteiger partial charge on any atom is 0.230 e. The Kier molecular flexibility index (Phi) is 5.49. The molecule has 0 radical (unpaired) electrons. The molecule has 0 saturated carbocycles. The second-order valence-corrected chi connectivity index (χ2v) is 5.58. The third kappa shape index (κ3) is 3.83. The Bertz CT molecular complexity index is 706. The maximum atomic E-state index is 11.7. The number of aryl methyl sites for hydroxylation is 1. The molecule has 0 aliphatic carbocycles. The van der Waals surface area contributed by atoms with Crippen molar-refractivity contribution in [2.45, 2.75) is 25.4 Å². The van der Waals surface area contributed by atoms with E-state index in [0.717, 1.165) is 16.8 Å². The lowest BCUT2D eigenvalue weighted by molar-refractivity contribution is -0.118. The molecule has 1 heterocycles. The number of carbonyl (C=O) groups excluding carboxylic acids is 1. The number of benzene rings is 1. The molecule has 22 heavy (non-hydrogen) atoms. The lowest BCUT2D eigenvalue weighted by Gasteiger charge is -2.09. The summed E-state index contributed by atoms with van der Waals surface area (Å²) in [4.78, 5) is 11.7. The zero-order valence-corrected chi connectivity index (χ0v) is 13.2. The molecule has 0 atom stereocenters. The van der Waals surface area contributed by atoms with Crippen LogP contribution in [-0.4, -0.2) is 38.4 Å². The summed E-state index contributed by atoms with van der Waals surface area (Å²) in [7, 11) is 0. The average molecular weight is 316 g/mol. The first-order valence-corrected chi connectivity index (χ1v) is 7.73. The minimum absolute atomic E-state index is 0.143. The van der Waals surface area contributed by atoms with Crippen LogP contribution in [0.4, 0.5) is 0 Å². The number of hydrogen-bond acceptors (Lipinski definition) is 6. The van der Waals surface area contributed by atoms with Crippen LogP contribution in [0.15, 0.2) is 23.4 Å². The normalized spacial score (nSPS) is 10.2. The topological polar surface area (TPSA) is 96.5 Å². The lowest BCUT2D eigenvalue weighted by atomic mass is 10.1. The molecular weight excluding hydrogens is 300 g/mol. The molecule has 1 aromatic heterocycles. The fourth-order valence-corrected chi connectivity index (χ4v) is 2.54. The molecule has 1 amide bonds. The first-order valence-electron chi connectivity index (χ1n) is 6.75. The summed E-state index contributed by atoms with van der Waals surface area (Å²) in [5, 5.41) is 23.3. The fraction of sp³-hybridized carbons (Fsp3) is 0.357. The number of tetrazole rings is 1. The van der Waals surface area contributed by atoms with Crippen LogP contribution in [0.3, 0.4) is 0 Å². The van der Waals surface area contributed by atoms with E-state index >= 15 is 0 Å².